The molecule has 1 heterocycles. The van der Waals surface area contributed by atoms with Crippen LogP contribution in [0.25, 0.3) is 10.9 Å². The first-order valence-electron chi connectivity index (χ1n) is 7.65. The largest absolute Gasteiger partial charge is 0.366 e. The summed E-state index contributed by atoms with van der Waals surface area (Å²) in [4.78, 5) is 19.5. The topological polar surface area (TPSA) is 51.4 Å². The minimum atomic E-state index is -0.0550. The predicted molar refractivity (Wildman–Crippen MR) is 99.9 cm³/mol. The molecule has 124 valence electrons. The standard InChI is InChI=1S/C17H24N4OS/c1-12-6-5-7-13-10-14(16(22)19-15(12)13)11-21(17(23)18-2)9-8-20(3)4/h5-7,10H,8-9,11H2,1-4H3,(H,18,23)(H,19,22). The first kappa shape index (κ1) is 17.4. The van der Waals surface area contributed by atoms with E-state index in [9.17, 15) is 4.79 Å². The summed E-state index contributed by atoms with van der Waals surface area (Å²) in [6.45, 7) is 4.12. The Hall–Kier alpha value is -1.92. The fraction of sp³-hybridized carbons (Fsp3) is 0.412. The second-order valence-corrected chi connectivity index (χ2v) is 6.33. The van der Waals surface area contributed by atoms with Crippen LogP contribution in [0.3, 0.4) is 0 Å². The smallest absolute Gasteiger partial charge is 0.253 e. The monoisotopic (exact) mass is 332 g/mol. The molecule has 5 nitrogen and oxygen atoms in total. The van der Waals surface area contributed by atoms with Crippen molar-refractivity contribution in [3.63, 3.8) is 0 Å². The van der Waals surface area contributed by atoms with Crippen molar-refractivity contribution in [1.29, 1.82) is 0 Å². The number of para-hydroxylation sites is 1. The van der Waals surface area contributed by atoms with Gasteiger partial charge in [0.25, 0.3) is 5.56 Å². The molecule has 1 aromatic heterocycles. The van der Waals surface area contributed by atoms with Gasteiger partial charge in [-0.1, -0.05) is 18.2 Å². The lowest BCUT2D eigenvalue weighted by Gasteiger charge is -2.26. The fourth-order valence-corrected chi connectivity index (χ4v) is 2.64. The van der Waals surface area contributed by atoms with Gasteiger partial charge in [0.1, 0.15) is 0 Å². The minimum absolute atomic E-state index is 0.0550. The number of nitrogens with zero attached hydrogens (tertiary/aromatic N) is 2. The highest BCUT2D eigenvalue weighted by Crippen LogP contribution is 2.15. The van der Waals surface area contributed by atoms with Gasteiger partial charge in [-0.25, -0.2) is 0 Å². The van der Waals surface area contributed by atoms with E-state index in [1.807, 2.05) is 50.2 Å². The molecular formula is C17H24N4OS. The Balaban J connectivity index is 2.32. The van der Waals surface area contributed by atoms with E-state index in [4.69, 9.17) is 12.2 Å². The first-order chi connectivity index (χ1) is 10.9. The quantitative estimate of drug-likeness (QED) is 0.817. The van der Waals surface area contributed by atoms with Gasteiger partial charge in [0.15, 0.2) is 5.11 Å². The fourth-order valence-electron chi connectivity index (χ4n) is 2.48. The Kier molecular flexibility index (Phi) is 5.74. The number of rotatable bonds is 5. The predicted octanol–water partition coefficient (Wildman–Crippen LogP) is 1.70. The van der Waals surface area contributed by atoms with Gasteiger partial charge in [0.05, 0.1) is 12.1 Å². The Morgan fingerprint density at radius 1 is 1.30 bits per heavy atom. The lowest BCUT2D eigenvalue weighted by molar-refractivity contribution is 0.323. The third-order valence-corrected chi connectivity index (χ3v) is 4.31. The maximum Gasteiger partial charge on any atom is 0.253 e. The molecule has 0 spiro atoms. The third-order valence-electron chi connectivity index (χ3n) is 3.84. The molecule has 2 aromatic rings. The number of nitrogens with one attached hydrogen (secondary N) is 2. The van der Waals surface area contributed by atoms with Gasteiger partial charge in [-0.15, -0.1) is 0 Å². The van der Waals surface area contributed by atoms with Crippen molar-refractivity contribution in [2.75, 3.05) is 34.2 Å². The SMILES string of the molecule is CNC(=S)N(CCN(C)C)Cc1cc2cccc(C)c2[nH]c1=O. The van der Waals surface area contributed by atoms with Crippen molar-refractivity contribution in [3.8, 4) is 0 Å². The van der Waals surface area contributed by atoms with Crippen LogP contribution in [-0.2, 0) is 6.54 Å². The van der Waals surface area contributed by atoms with Crippen molar-refractivity contribution in [2.24, 2.45) is 0 Å². The molecule has 0 unspecified atom stereocenters. The van der Waals surface area contributed by atoms with Crippen molar-refractivity contribution in [1.82, 2.24) is 20.1 Å². The number of pyridine rings is 1. The molecule has 0 aliphatic heterocycles. The van der Waals surface area contributed by atoms with Crippen molar-refractivity contribution in [3.05, 3.63) is 45.7 Å². The van der Waals surface area contributed by atoms with E-state index in [0.717, 1.165) is 35.1 Å². The molecule has 0 aliphatic carbocycles. The normalized spacial score (nSPS) is 11.0. The van der Waals surface area contributed by atoms with Gasteiger partial charge >= 0.3 is 0 Å². The molecule has 23 heavy (non-hydrogen) atoms. The van der Waals surface area contributed by atoms with Crippen molar-refractivity contribution >= 4 is 28.2 Å². The highest BCUT2D eigenvalue weighted by atomic mass is 32.1. The zero-order chi connectivity index (χ0) is 17.0. The molecule has 0 saturated carbocycles. The van der Waals surface area contributed by atoms with E-state index in [1.165, 1.54) is 0 Å². The number of thiocarbonyl (C=S) groups is 1. The average molecular weight is 332 g/mol. The van der Waals surface area contributed by atoms with Crippen LogP contribution in [0.4, 0.5) is 0 Å². The summed E-state index contributed by atoms with van der Waals surface area (Å²) in [7, 11) is 5.84. The zero-order valence-electron chi connectivity index (χ0n) is 14.1. The molecule has 0 atom stereocenters. The summed E-state index contributed by atoms with van der Waals surface area (Å²) in [5.74, 6) is 0. The van der Waals surface area contributed by atoms with E-state index >= 15 is 0 Å². The number of hydrogen-bond donors (Lipinski definition) is 2. The number of aromatic nitrogens is 1. The molecular weight excluding hydrogens is 308 g/mol. The van der Waals surface area contributed by atoms with Crippen LogP contribution in [0.15, 0.2) is 29.1 Å². The van der Waals surface area contributed by atoms with Crippen molar-refractivity contribution < 1.29 is 0 Å². The van der Waals surface area contributed by atoms with E-state index in [1.54, 1.807) is 7.05 Å². The molecule has 6 heteroatoms. The number of fused-ring (bicyclic) bond motifs is 1. The summed E-state index contributed by atoms with van der Waals surface area (Å²) in [6, 6.07) is 7.98. The van der Waals surface area contributed by atoms with Gasteiger partial charge in [0.2, 0.25) is 0 Å². The number of aryl methyl sites for hydroxylation is 1. The number of H-pyrrole nitrogens is 1. The van der Waals surface area contributed by atoms with Crippen LogP contribution in [0.5, 0.6) is 0 Å². The first-order valence-corrected chi connectivity index (χ1v) is 8.06. The molecule has 0 radical (unpaired) electrons. The summed E-state index contributed by atoms with van der Waals surface area (Å²) in [6.07, 6.45) is 0. The average Bonchev–Trinajstić information content (AvgIpc) is 2.51. The summed E-state index contributed by atoms with van der Waals surface area (Å²) >= 11 is 5.37. The summed E-state index contributed by atoms with van der Waals surface area (Å²) in [5.41, 5.74) is 2.64. The highest BCUT2D eigenvalue weighted by Gasteiger charge is 2.13. The summed E-state index contributed by atoms with van der Waals surface area (Å²) in [5, 5.41) is 4.69. The van der Waals surface area contributed by atoms with Gasteiger partial charge in [0, 0.05) is 25.7 Å². The highest BCUT2D eigenvalue weighted by molar-refractivity contribution is 7.80. The third kappa shape index (κ3) is 4.30. The van der Waals surface area contributed by atoms with Crippen LogP contribution in [0, 0.1) is 6.92 Å². The molecule has 0 fully saturated rings. The number of benzene rings is 1. The lowest BCUT2D eigenvalue weighted by atomic mass is 10.1. The Labute approximate surface area is 142 Å². The van der Waals surface area contributed by atoms with Crippen molar-refractivity contribution in [2.45, 2.75) is 13.5 Å². The van der Waals surface area contributed by atoms with Crippen LogP contribution < -0.4 is 10.9 Å². The Morgan fingerprint density at radius 3 is 2.70 bits per heavy atom. The van der Waals surface area contributed by atoms with E-state index in [-0.39, 0.29) is 5.56 Å². The molecule has 2 rings (SSSR count). The Morgan fingerprint density at radius 2 is 2.04 bits per heavy atom. The van der Waals surface area contributed by atoms with Gasteiger partial charge in [-0.3, -0.25) is 4.79 Å². The zero-order valence-corrected chi connectivity index (χ0v) is 15.0. The molecule has 1 aromatic carbocycles. The maximum atomic E-state index is 12.4. The summed E-state index contributed by atoms with van der Waals surface area (Å²) < 4.78 is 0. The van der Waals surface area contributed by atoms with Gasteiger partial charge in [-0.2, -0.15) is 0 Å². The second-order valence-electron chi connectivity index (χ2n) is 5.94. The minimum Gasteiger partial charge on any atom is -0.366 e. The number of aromatic amines is 1. The molecule has 0 amide bonds. The Bertz CT molecular complexity index is 754. The van der Waals surface area contributed by atoms with E-state index in [2.05, 4.69) is 15.2 Å². The van der Waals surface area contributed by atoms with Crippen LogP contribution in [0.2, 0.25) is 0 Å². The number of likely N-dealkylation sites (N-methyl/N-ethyl adjacent to an activating group) is 1. The second kappa shape index (κ2) is 7.57. The van der Waals surface area contributed by atoms with Gasteiger partial charge < -0.3 is 20.1 Å². The van der Waals surface area contributed by atoms with E-state index in [0.29, 0.717) is 11.7 Å². The maximum absolute atomic E-state index is 12.4. The van der Waals surface area contributed by atoms with Crippen LogP contribution >= 0.6 is 12.2 Å². The van der Waals surface area contributed by atoms with E-state index < -0.39 is 0 Å². The molecule has 0 bridgehead atoms. The molecule has 0 saturated heterocycles. The molecule has 0 aliphatic rings. The van der Waals surface area contributed by atoms with Crippen LogP contribution in [-0.4, -0.2) is 54.1 Å². The van der Waals surface area contributed by atoms with Gasteiger partial charge in [-0.05, 0) is 50.3 Å². The lowest BCUT2D eigenvalue weighted by Crippen LogP contribution is -2.42. The van der Waals surface area contributed by atoms with Crippen LogP contribution in [0.1, 0.15) is 11.1 Å². The number of hydrogen-bond acceptors (Lipinski definition) is 3. The molecule has 2 N–H and O–H groups in total.